The molecule has 5 atom stereocenters. The summed E-state index contributed by atoms with van der Waals surface area (Å²) in [5, 5.41) is 26.2. The number of para-hydroxylation sites is 1. The molecule has 1 fully saturated rings. The predicted molar refractivity (Wildman–Crippen MR) is 147 cm³/mol. The molecule has 0 radical (unpaired) electrons. The van der Waals surface area contributed by atoms with E-state index in [0.717, 1.165) is 26.8 Å². The minimum Gasteiger partial charge on any atom is -0.377 e. The average Bonchev–Trinajstić information content (AvgIpc) is 3.15. The van der Waals surface area contributed by atoms with Crippen LogP contribution in [0.2, 0.25) is 0 Å². The van der Waals surface area contributed by atoms with Crippen LogP contribution >= 0.6 is 46.0 Å². The molecule has 10 heteroatoms. The Morgan fingerprint density at radius 2 is 1.77 bits per heavy atom. The fourth-order valence-corrected chi connectivity index (χ4v) is 8.11. The first-order valence-corrected chi connectivity index (χ1v) is 13.5. The second-order valence-electron chi connectivity index (χ2n) is 8.91. The number of aryl methyl sites for hydroxylation is 1. The standard InChI is InChI=1S/C25H21ClIN3O4S/c1-13-10-15(27)11-17-22-18(25(28-24(13)17)14-6-8-16(9-7-14)29(31)32)12-21(23(22)26)35-20-5-3-2-4-19(20)30(33)34/h2-11,18,21-23,25,28H,12H2,1H3/t18-,21+,22-,23-,25-/m1/s1. The van der Waals surface area contributed by atoms with Gasteiger partial charge in [0.1, 0.15) is 0 Å². The number of nitro groups is 2. The molecule has 180 valence electrons. The number of nitrogens with one attached hydrogen (secondary N) is 1. The molecule has 0 amide bonds. The molecule has 0 aromatic heterocycles. The van der Waals surface area contributed by atoms with Crippen molar-refractivity contribution < 1.29 is 9.85 Å². The highest BCUT2D eigenvalue weighted by Crippen LogP contribution is 2.58. The third-order valence-corrected chi connectivity index (χ3v) is 9.62. The summed E-state index contributed by atoms with van der Waals surface area (Å²) in [4.78, 5) is 22.6. The summed E-state index contributed by atoms with van der Waals surface area (Å²) >= 11 is 11.0. The molecule has 0 unspecified atom stereocenters. The molecule has 3 aromatic carbocycles. The molecule has 0 spiro atoms. The molecule has 1 saturated carbocycles. The molecule has 3 aromatic rings. The third-order valence-electron chi connectivity index (χ3n) is 6.89. The van der Waals surface area contributed by atoms with Crippen LogP contribution in [-0.4, -0.2) is 20.5 Å². The Morgan fingerprint density at radius 3 is 2.46 bits per heavy atom. The SMILES string of the molecule is Cc1cc(I)cc2c1N[C@H](c1ccc([N+](=O)[O-])cc1)[C@@H]1C[C@H](Sc3ccccc3[N+](=O)[O-])[C@@H](Cl)[C@H]21. The van der Waals surface area contributed by atoms with Gasteiger partial charge in [0.2, 0.25) is 0 Å². The predicted octanol–water partition coefficient (Wildman–Crippen LogP) is 7.45. The summed E-state index contributed by atoms with van der Waals surface area (Å²) in [6, 6.07) is 17.7. The Balaban J connectivity index is 1.55. The first-order valence-electron chi connectivity index (χ1n) is 11.1. The van der Waals surface area contributed by atoms with Crippen LogP contribution in [0.1, 0.15) is 35.1 Å². The lowest BCUT2D eigenvalue weighted by Crippen LogP contribution is -2.31. The molecule has 1 aliphatic heterocycles. The van der Waals surface area contributed by atoms with Gasteiger partial charge in [-0.25, -0.2) is 0 Å². The lowest BCUT2D eigenvalue weighted by Gasteiger charge is -2.39. The Morgan fingerprint density at radius 1 is 1.06 bits per heavy atom. The van der Waals surface area contributed by atoms with Gasteiger partial charge in [0, 0.05) is 38.6 Å². The van der Waals surface area contributed by atoms with Crippen molar-refractivity contribution in [2.75, 3.05) is 5.32 Å². The van der Waals surface area contributed by atoms with E-state index in [4.69, 9.17) is 11.6 Å². The van der Waals surface area contributed by atoms with Crippen molar-refractivity contribution in [3.8, 4) is 0 Å². The smallest absolute Gasteiger partial charge is 0.282 e. The van der Waals surface area contributed by atoms with Crippen molar-refractivity contribution in [1.29, 1.82) is 0 Å². The van der Waals surface area contributed by atoms with Crippen LogP contribution in [0.15, 0.2) is 65.6 Å². The monoisotopic (exact) mass is 621 g/mol. The van der Waals surface area contributed by atoms with Crippen LogP contribution in [0.5, 0.6) is 0 Å². The lowest BCUT2D eigenvalue weighted by atomic mass is 9.76. The molecular weight excluding hydrogens is 601 g/mol. The largest absolute Gasteiger partial charge is 0.377 e. The minimum atomic E-state index is -0.397. The second kappa shape index (κ2) is 9.59. The van der Waals surface area contributed by atoms with Crippen molar-refractivity contribution in [2.45, 2.75) is 40.8 Å². The van der Waals surface area contributed by atoms with Gasteiger partial charge in [-0.15, -0.1) is 23.4 Å². The van der Waals surface area contributed by atoms with Crippen molar-refractivity contribution in [1.82, 2.24) is 0 Å². The molecule has 1 heterocycles. The van der Waals surface area contributed by atoms with Crippen molar-refractivity contribution in [2.24, 2.45) is 5.92 Å². The fourth-order valence-electron chi connectivity index (χ4n) is 5.37. The van der Waals surface area contributed by atoms with Crippen LogP contribution in [0.25, 0.3) is 0 Å². The minimum absolute atomic E-state index is 0.0285. The molecule has 1 aliphatic carbocycles. The van der Waals surface area contributed by atoms with E-state index in [1.165, 1.54) is 35.5 Å². The summed E-state index contributed by atoms with van der Waals surface area (Å²) in [5.41, 5.74) is 4.45. The quantitative estimate of drug-likeness (QED) is 0.138. The van der Waals surface area contributed by atoms with Gasteiger partial charge in [0.15, 0.2) is 0 Å². The van der Waals surface area contributed by atoms with E-state index >= 15 is 0 Å². The summed E-state index contributed by atoms with van der Waals surface area (Å²) in [6.07, 6.45) is 0.758. The summed E-state index contributed by atoms with van der Waals surface area (Å²) in [7, 11) is 0. The average molecular weight is 622 g/mol. The molecule has 0 saturated heterocycles. The highest BCUT2D eigenvalue weighted by Gasteiger charge is 2.50. The summed E-state index contributed by atoms with van der Waals surface area (Å²) in [5.74, 6) is 0.172. The van der Waals surface area contributed by atoms with E-state index in [0.29, 0.717) is 4.90 Å². The van der Waals surface area contributed by atoms with Crippen LogP contribution in [0.4, 0.5) is 17.1 Å². The van der Waals surface area contributed by atoms with E-state index < -0.39 is 4.92 Å². The van der Waals surface area contributed by atoms with Crippen LogP contribution in [0.3, 0.4) is 0 Å². The summed E-state index contributed by atoms with van der Waals surface area (Å²) in [6.45, 7) is 2.07. The Bertz CT molecular complexity index is 1320. The zero-order valence-corrected chi connectivity index (χ0v) is 22.3. The van der Waals surface area contributed by atoms with Crippen LogP contribution in [0, 0.1) is 36.6 Å². The molecule has 0 bridgehead atoms. The van der Waals surface area contributed by atoms with E-state index in [9.17, 15) is 20.2 Å². The number of rotatable bonds is 5. The van der Waals surface area contributed by atoms with Gasteiger partial charge in [-0.1, -0.05) is 24.3 Å². The van der Waals surface area contributed by atoms with E-state index in [-0.39, 0.29) is 44.8 Å². The van der Waals surface area contributed by atoms with Crippen molar-refractivity contribution in [3.63, 3.8) is 0 Å². The highest BCUT2D eigenvalue weighted by molar-refractivity contribution is 14.1. The third kappa shape index (κ3) is 4.49. The number of hydrogen-bond donors (Lipinski definition) is 1. The first-order chi connectivity index (χ1) is 16.7. The van der Waals surface area contributed by atoms with Gasteiger partial charge in [-0.2, -0.15) is 0 Å². The number of halogens is 2. The van der Waals surface area contributed by atoms with Gasteiger partial charge in [0.05, 0.1) is 26.2 Å². The molecule has 7 nitrogen and oxygen atoms in total. The maximum Gasteiger partial charge on any atom is 0.282 e. The van der Waals surface area contributed by atoms with Crippen LogP contribution < -0.4 is 5.32 Å². The molecule has 1 N–H and O–H groups in total. The fraction of sp³-hybridized carbons (Fsp3) is 0.280. The van der Waals surface area contributed by atoms with E-state index in [1.807, 2.05) is 18.2 Å². The summed E-state index contributed by atoms with van der Waals surface area (Å²) < 4.78 is 1.13. The number of hydrogen-bond acceptors (Lipinski definition) is 6. The number of benzene rings is 3. The Hall–Kier alpha value is -2.37. The van der Waals surface area contributed by atoms with E-state index in [1.54, 1.807) is 12.1 Å². The molecule has 2 aliphatic rings. The topological polar surface area (TPSA) is 98.3 Å². The van der Waals surface area contributed by atoms with Crippen LogP contribution in [-0.2, 0) is 0 Å². The van der Waals surface area contributed by atoms with Gasteiger partial charge in [-0.3, -0.25) is 20.2 Å². The Kier molecular flexibility index (Phi) is 6.67. The normalized spacial score (nSPS) is 24.8. The maximum atomic E-state index is 11.6. The number of nitro benzene ring substituents is 2. The number of nitrogens with zero attached hydrogens (tertiary/aromatic N) is 2. The number of alkyl halides is 1. The zero-order valence-electron chi connectivity index (χ0n) is 18.6. The first kappa shape index (κ1) is 24.3. The maximum absolute atomic E-state index is 11.6. The van der Waals surface area contributed by atoms with E-state index in [2.05, 4.69) is 47.0 Å². The lowest BCUT2D eigenvalue weighted by molar-refractivity contribution is -0.387. The van der Waals surface area contributed by atoms with Crippen molar-refractivity contribution in [3.05, 3.63) is 101 Å². The number of anilines is 1. The molecule has 35 heavy (non-hydrogen) atoms. The molecule has 5 rings (SSSR count). The van der Waals surface area contributed by atoms with Gasteiger partial charge in [-0.05, 0) is 76.7 Å². The zero-order chi connectivity index (χ0) is 24.9. The molecular formula is C25H21ClIN3O4S. The van der Waals surface area contributed by atoms with Gasteiger partial charge < -0.3 is 5.32 Å². The number of fused-ring (bicyclic) bond motifs is 3. The number of thioether (sulfide) groups is 1. The van der Waals surface area contributed by atoms with Gasteiger partial charge >= 0.3 is 0 Å². The van der Waals surface area contributed by atoms with Gasteiger partial charge in [0.25, 0.3) is 11.4 Å². The number of non-ortho nitro benzene ring substituents is 1. The van der Waals surface area contributed by atoms with Crippen molar-refractivity contribution >= 4 is 63.0 Å². The second-order valence-corrected chi connectivity index (χ2v) is 11.9. The Labute approximate surface area is 225 Å². The highest BCUT2D eigenvalue weighted by atomic mass is 127.